The second kappa shape index (κ2) is 33.7. The highest BCUT2D eigenvalue weighted by Gasteiger charge is 1.92. The van der Waals surface area contributed by atoms with Gasteiger partial charge < -0.3 is 10.2 Å². The molecule has 6 aromatic carbocycles. The maximum absolute atomic E-state index is 8.63. The topological polar surface area (TPSA) is 40.5 Å². The van der Waals surface area contributed by atoms with Gasteiger partial charge >= 0.3 is 0 Å². The summed E-state index contributed by atoms with van der Waals surface area (Å²) >= 11 is 0. The molecule has 0 amide bonds. The molecule has 2 heteroatoms. The molecular weight excluding hydrogens is 585 g/mol. The Bertz CT molecular complexity index is 1300. The molecule has 258 valence electrons. The van der Waals surface area contributed by atoms with Gasteiger partial charge in [0, 0.05) is 7.11 Å². The Morgan fingerprint density at radius 3 is 0.812 bits per heavy atom. The summed E-state index contributed by atoms with van der Waals surface area (Å²) < 4.78 is 0. The number of phenolic OH excluding ortho intramolecular Hbond substituents is 1. The molecule has 6 rings (SSSR count). The molecule has 0 aliphatic rings. The van der Waals surface area contributed by atoms with E-state index in [1.54, 1.807) is 24.3 Å². The van der Waals surface area contributed by atoms with Gasteiger partial charge in [-0.1, -0.05) is 237 Å². The van der Waals surface area contributed by atoms with Crippen molar-refractivity contribution >= 4 is 10.8 Å². The van der Waals surface area contributed by atoms with E-state index in [1.807, 2.05) is 54.6 Å². The molecule has 6 aromatic rings. The molecule has 0 atom stereocenters. The van der Waals surface area contributed by atoms with Crippen molar-refractivity contribution in [3.63, 3.8) is 0 Å². The molecule has 0 saturated heterocycles. The van der Waals surface area contributed by atoms with Crippen LogP contribution in [0.5, 0.6) is 5.75 Å². The van der Waals surface area contributed by atoms with Crippen molar-refractivity contribution < 1.29 is 10.2 Å². The van der Waals surface area contributed by atoms with Crippen LogP contribution < -0.4 is 0 Å². The van der Waals surface area contributed by atoms with Crippen LogP contribution in [0.15, 0.2) is 176 Å². The average Bonchev–Trinajstić information content (AvgIpc) is 3.15. The summed E-state index contributed by atoms with van der Waals surface area (Å²) in [5.41, 5.74) is 2.55. The van der Waals surface area contributed by atoms with Gasteiger partial charge in [0.25, 0.3) is 0 Å². The van der Waals surface area contributed by atoms with Gasteiger partial charge in [0.1, 0.15) is 5.75 Å². The molecule has 0 heterocycles. The fourth-order valence-electron chi connectivity index (χ4n) is 4.24. The van der Waals surface area contributed by atoms with Crippen LogP contribution in [0.1, 0.15) is 73.6 Å². The van der Waals surface area contributed by atoms with Crippen LogP contribution >= 0.6 is 0 Å². The third-order valence-electron chi connectivity index (χ3n) is 6.67. The Morgan fingerprint density at radius 1 is 0.333 bits per heavy atom. The standard InChI is InChI=1S/C12H10.C10H8.C9H20.C6H6O.C6H6.CH4O.2CH4/c1-3-7-11(8-4-1)12-9-5-2-6-10-12;1-2-6-10-8-4-3-7-9(10)5-1;1-3-5-7-9-8-6-4-2;7-6-4-2-1-3-5-6;1-2-4-6-5-3-1;1-2;;/h1-10H;1-8H;3-9H2,1-2H3;1-5,7H;1-6H;2H,1H3;2*1H4. The van der Waals surface area contributed by atoms with Crippen molar-refractivity contribution in [1.29, 1.82) is 0 Å². The van der Waals surface area contributed by atoms with Crippen LogP contribution in [0.3, 0.4) is 0 Å². The highest BCUT2D eigenvalue weighted by Crippen LogP contribution is 2.17. The number of aliphatic hydroxyl groups excluding tert-OH is 1. The average molecular weight is 647 g/mol. The van der Waals surface area contributed by atoms with Gasteiger partial charge in [-0.25, -0.2) is 0 Å². The Morgan fingerprint density at radius 2 is 0.562 bits per heavy atom. The van der Waals surface area contributed by atoms with E-state index in [2.05, 4.69) is 111 Å². The molecular formula is C46H62O2. The number of rotatable bonds is 7. The Labute approximate surface area is 293 Å². The zero-order valence-corrected chi connectivity index (χ0v) is 28.1. The summed E-state index contributed by atoms with van der Waals surface area (Å²) in [6.07, 6.45) is 9.97. The Kier molecular flexibility index (Phi) is 31.9. The third-order valence-corrected chi connectivity index (χ3v) is 6.67. The maximum Gasteiger partial charge on any atom is 0.115 e. The number of phenols is 1. The van der Waals surface area contributed by atoms with E-state index in [0.717, 1.165) is 7.11 Å². The van der Waals surface area contributed by atoms with Crippen LogP contribution in [0.4, 0.5) is 0 Å². The first kappa shape index (κ1) is 45.5. The van der Waals surface area contributed by atoms with Gasteiger partial charge in [-0.2, -0.15) is 0 Å². The molecule has 0 bridgehead atoms. The minimum Gasteiger partial charge on any atom is -0.508 e. The number of fused-ring (bicyclic) bond motifs is 1. The van der Waals surface area contributed by atoms with Crippen molar-refractivity contribution in [3.8, 4) is 16.9 Å². The molecule has 0 aliphatic heterocycles. The molecule has 0 aliphatic carbocycles. The largest absolute Gasteiger partial charge is 0.508 e. The SMILES string of the molecule is C.C.CCCCCCCCC.CO.Oc1ccccc1.c1ccc(-c2ccccc2)cc1.c1ccc2ccccc2c1.c1ccccc1. The zero-order chi connectivity index (χ0) is 33.3. The lowest BCUT2D eigenvalue weighted by Gasteiger charge is -1.98. The van der Waals surface area contributed by atoms with E-state index < -0.39 is 0 Å². The minimum absolute atomic E-state index is 0. The lowest BCUT2D eigenvalue weighted by molar-refractivity contribution is 0.399. The molecule has 2 N–H and O–H groups in total. The van der Waals surface area contributed by atoms with E-state index in [0.29, 0.717) is 5.75 Å². The van der Waals surface area contributed by atoms with Crippen LogP contribution in [-0.2, 0) is 0 Å². The van der Waals surface area contributed by atoms with Gasteiger partial charge in [-0.05, 0) is 34.0 Å². The zero-order valence-electron chi connectivity index (χ0n) is 28.1. The smallest absolute Gasteiger partial charge is 0.115 e. The number of aromatic hydroxyl groups is 1. The third kappa shape index (κ3) is 23.6. The van der Waals surface area contributed by atoms with Crippen LogP contribution in [-0.4, -0.2) is 17.3 Å². The maximum atomic E-state index is 8.63. The number of aliphatic hydroxyl groups is 1. The molecule has 0 radical (unpaired) electrons. The minimum atomic E-state index is 0. The predicted octanol–water partition coefficient (Wildman–Crippen LogP) is 13.9. The fraction of sp³-hybridized carbons (Fsp3) is 0.261. The molecule has 48 heavy (non-hydrogen) atoms. The van der Waals surface area contributed by atoms with E-state index >= 15 is 0 Å². The molecule has 0 spiro atoms. The Hall–Kier alpha value is -4.66. The number of unbranched alkanes of at least 4 members (excludes halogenated alkanes) is 6. The fourth-order valence-corrected chi connectivity index (χ4v) is 4.24. The first-order chi connectivity index (χ1) is 22.7. The summed E-state index contributed by atoms with van der Waals surface area (Å²) in [6.45, 7) is 4.53. The van der Waals surface area contributed by atoms with Gasteiger partial charge in [0.05, 0.1) is 0 Å². The monoisotopic (exact) mass is 646 g/mol. The number of hydrogen-bond acceptors (Lipinski definition) is 2. The van der Waals surface area contributed by atoms with Crippen LogP contribution in [0.2, 0.25) is 0 Å². The quantitative estimate of drug-likeness (QED) is 0.169. The van der Waals surface area contributed by atoms with Crippen LogP contribution in [0.25, 0.3) is 21.9 Å². The summed E-state index contributed by atoms with van der Waals surface area (Å²) in [5.74, 6) is 0.322. The first-order valence-electron chi connectivity index (χ1n) is 16.5. The van der Waals surface area contributed by atoms with Crippen LogP contribution in [0, 0.1) is 0 Å². The van der Waals surface area contributed by atoms with Crippen molar-refractivity contribution in [3.05, 3.63) is 176 Å². The lowest BCUT2D eigenvalue weighted by Crippen LogP contribution is -1.76. The van der Waals surface area contributed by atoms with E-state index in [1.165, 1.54) is 66.8 Å². The summed E-state index contributed by atoms with van der Waals surface area (Å²) in [7, 11) is 1.00. The normalized spacial score (nSPS) is 8.75. The van der Waals surface area contributed by atoms with Gasteiger partial charge in [0.2, 0.25) is 0 Å². The second-order valence-corrected chi connectivity index (χ2v) is 10.3. The van der Waals surface area contributed by atoms with Crippen molar-refractivity contribution in [2.45, 2.75) is 73.6 Å². The molecule has 2 nitrogen and oxygen atoms in total. The van der Waals surface area contributed by atoms with Crippen molar-refractivity contribution in [1.82, 2.24) is 0 Å². The molecule has 0 fully saturated rings. The number of para-hydroxylation sites is 1. The molecule has 0 saturated carbocycles. The van der Waals surface area contributed by atoms with Crippen molar-refractivity contribution in [2.24, 2.45) is 0 Å². The summed E-state index contributed by atoms with van der Waals surface area (Å²) in [5, 5.41) is 18.3. The van der Waals surface area contributed by atoms with Gasteiger partial charge in [-0.15, -0.1) is 0 Å². The molecule has 0 aromatic heterocycles. The van der Waals surface area contributed by atoms with E-state index in [-0.39, 0.29) is 14.9 Å². The molecule has 0 unspecified atom stereocenters. The van der Waals surface area contributed by atoms with Crippen molar-refractivity contribution in [2.75, 3.05) is 7.11 Å². The number of hydrogen-bond donors (Lipinski definition) is 2. The summed E-state index contributed by atoms with van der Waals surface area (Å²) in [4.78, 5) is 0. The van der Waals surface area contributed by atoms with E-state index in [4.69, 9.17) is 10.2 Å². The summed E-state index contributed by atoms with van der Waals surface area (Å²) in [6, 6.07) is 58.2. The highest BCUT2D eigenvalue weighted by atomic mass is 16.3. The Balaban J connectivity index is 0. The second-order valence-electron chi connectivity index (χ2n) is 10.3. The van der Waals surface area contributed by atoms with Gasteiger partial charge in [-0.3, -0.25) is 0 Å². The lowest BCUT2D eigenvalue weighted by atomic mass is 10.1. The van der Waals surface area contributed by atoms with Gasteiger partial charge in [0.15, 0.2) is 0 Å². The predicted molar refractivity (Wildman–Crippen MR) is 216 cm³/mol. The highest BCUT2D eigenvalue weighted by molar-refractivity contribution is 5.82. The number of benzene rings is 6. The van der Waals surface area contributed by atoms with E-state index in [9.17, 15) is 0 Å². The first-order valence-corrected chi connectivity index (χ1v) is 16.5.